The average Bonchev–Trinajstić information content (AvgIpc) is 3.33. The first-order valence-corrected chi connectivity index (χ1v) is 10.7. The zero-order valence-electron chi connectivity index (χ0n) is 15.3. The fourth-order valence-corrected chi connectivity index (χ4v) is 4.22. The Kier molecular flexibility index (Phi) is 6.20. The highest BCUT2D eigenvalue weighted by Crippen LogP contribution is 2.23. The first kappa shape index (κ1) is 20.8. The summed E-state index contributed by atoms with van der Waals surface area (Å²) in [7, 11) is -2.33. The third-order valence-corrected chi connectivity index (χ3v) is 6.11. The number of hydrogen-bond donors (Lipinski definition) is 1. The van der Waals surface area contributed by atoms with Crippen molar-refractivity contribution in [3.8, 4) is 10.6 Å². The fraction of sp³-hybridized carbons (Fsp3) is 0.167. The SMILES string of the molecule is C=CCNS(=O)(=O)c1cc(C(=O)OCc2csc(-c3cnn(C)c3)n2)ccc1F. The standard InChI is InChI=1S/C18H17FN4O4S2/c1-3-6-21-29(25,26)16-7-12(4-5-15(16)19)18(24)27-10-14-11-28-17(22-14)13-8-20-23(2)9-13/h3-5,7-9,11,21H,1,6,10H2,2H3. The van der Waals surface area contributed by atoms with E-state index in [-0.39, 0.29) is 18.7 Å². The van der Waals surface area contributed by atoms with Gasteiger partial charge in [0.05, 0.1) is 17.5 Å². The third-order valence-electron chi connectivity index (χ3n) is 3.73. The van der Waals surface area contributed by atoms with E-state index in [9.17, 15) is 17.6 Å². The molecule has 0 saturated carbocycles. The molecule has 3 aromatic rings. The molecule has 152 valence electrons. The van der Waals surface area contributed by atoms with Crippen LogP contribution in [0.15, 0.2) is 53.5 Å². The number of carbonyl (C=O) groups excluding carboxylic acids is 1. The van der Waals surface area contributed by atoms with Crippen LogP contribution in [0, 0.1) is 5.82 Å². The van der Waals surface area contributed by atoms with Crippen molar-refractivity contribution in [1.29, 1.82) is 0 Å². The number of ether oxygens (including phenoxy) is 1. The van der Waals surface area contributed by atoms with E-state index in [2.05, 4.69) is 21.4 Å². The molecule has 11 heteroatoms. The van der Waals surface area contributed by atoms with Crippen LogP contribution in [0.25, 0.3) is 10.6 Å². The van der Waals surface area contributed by atoms with E-state index in [4.69, 9.17) is 4.74 Å². The maximum atomic E-state index is 14.0. The molecule has 0 aliphatic rings. The molecule has 0 spiro atoms. The molecule has 0 aliphatic carbocycles. The van der Waals surface area contributed by atoms with Gasteiger partial charge in [-0.2, -0.15) is 5.10 Å². The molecular weight excluding hydrogens is 419 g/mol. The van der Waals surface area contributed by atoms with Gasteiger partial charge in [-0.1, -0.05) is 6.08 Å². The van der Waals surface area contributed by atoms with Gasteiger partial charge in [0.15, 0.2) is 0 Å². The van der Waals surface area contributed by atoms with E-state index in [0.717, 1.165) is 28.8 Å². The molecule has 1 N–H and O–H groups in total. The van der Waals surface area contributed by atoms with Crippen LogP contribution in [-0.4, -0.2) is 35.7 Å². The van der Waals surface area contributed by atoms with Crippen molar-refractivity contribution in [3.05, 3.63) is 65.7 Å². The third kappa shape index (κ3) is 4.94. The van der Waals surface area contributed by atoms with Gasteiger partial charge in [-0.25, -0.2) is 27.3 Å². The normalized spacial score (nSPS) is 11.4. The van der Waals surface area contributed by atoms with Crippen molar-refractivity contribution >= 4 is 27.3 Å². The fourth-order valence-electron chi connectivity index (χ4n) is 2.34. The topological polar surface area (TPSA) is 103 Å². The molecular formula is C18H17FN4O4S2. The Balaban J connectivity index is 1.71. The molecule has 29 heavy (non-hydrogen) atoms. The van der Waals surface area contributed by atoms with E-state index < -0.39 is 26.7 Å². The second kappa shape index (κ2) is 8.64. The van der Waals surface area contributed by atoms with Gasteiger partial charge in [-0.3, -0.25) is 4.68 Å². The maximum absolute atomic E-state index is 14.0. The number of esters is 1. The van der Waals surface area contributed by atoms with Crippen molar-refractivity contribution < 1.29 is 22.3 Å². The van der Waals surface area contributed by atoms with Crippen LogP contribution in [0.5, 0.6) is 0 Å². The zero-order chi connectivity index (χ0) is 21.0. The van der Waals surface area contributed by atoms with E-state index >= 15 is 0 Å². The number of nitrogens with one attached hydrogen (secondary N) is 1. The lowest BCUT2D eigenvalue weighted by Gasteiger charge is -2.08. The average molecular weight is 436 g/mol. The molecule has 0 unspecified atom stereocenters. The Morgan fingerprint density at radius 2 is 2.24 bits per heavy atom. The van der Waals surface area contributed by atoms with Gasteiger partial charge in [-0.15, -0.1) is 17.9 Å². The predicted octanol–water partition coefficient (Wildman–Crippen LogP) is 2.50. The quantitative estimate of drug-likeness (QED) is 0.430. The van der Waals surface area contributed by atoms with Crippen LogP contribution in [0.4, 0.5) is 4.39 Å². The van der Waals surface area contributed by atoms with Crippen LogP contribution in [0.3, 0.4) is 0 Å². The van der Waals surface area contributed by atoms with Crippen LogP contribution in [0.1, 0.15) is 16.1 Å². The van der Waals surface area contributed by atoms with Crippen LogP contribution < -0.4 is 4.72 Å². The molecule has 0 atom stereocenters. The van der Waals surface area contributed by atoms with E-state index in [1.165, 1.54) is 17.4 Å². The molecule has 2 heterocycles. The number of halogens is 1. The number of aryl methyl sites for hydroxylation is 1. The molecule has 8 nitrogen and oxygen atoms in total. The van der Waals surface area contributed by atoms with Gasteiger partial charge in [0.25, 0.3) is 0 Å². The molecule has 0 radical (unpaired) electrons. The maximum Gasteiger partial charge on any atom is 0.338 e. The van der Waals surface area contributed by atoms with Gasteiger partial charge in [-0.05, 0) is 18.2 Å². The highest BCUT2D eigenvalue weighted by atomic mass is 32.2. The molecule has 0 aliphatic heterocycles. The summed E-state index contributed by atoms with van der Waals surface area (Å²) in [6, 6.07) is 3.00. The van der Waals surface area contributed by atoms with Gasteiger partial charge in [0.2, 0.25) is 10.0 Å². The first-order chi connectivity index (χ1) is 13.8. The number of benzene rings is 1. The summed E-state index contributed by atoms with van der Waals surface area (Å²) >= 11 is 1.38. The minimum atomic E-state index is -4.12. The van der Waals surface area contributed by atoms with Gasteiger partial charge < -0.3 is 4.74 Å². The minimum absolute atomic E-state index is 0.0699. The van der Waals surface area contributed by atoms with Crippen molar-refractivity contribution in [2.75, 3.05) is 6.54 Å². The van der Waals surface area contributed by atoms with E-state index in [1.807, 2.05) is 6.20 Å². The van der Waals surface area contributed by atoms with Crippen LogP contribution in [0.2, 0.25) is 0 Å². The van der Waals surface area contributed by atoms with Gasteiger partial charge >= 0.3 is 5.97 Å². The number of rotatable bonds is 8. The number of hydrogen-bond acceptors (Lipinski definition) is 7. The Labute approximate surface area is 170 Å². The number of thiazole rings is 1. The first-order valence-electron chi connectivity index (χ1n) is 8.31. The molecule has 0 saturated heterocycles. The van der Waals surface area contributed by atoms with E-state index in [1.54, 1.807) is 23.3 Å². The summed E-state index contributed by atoms with van der Waals surface area (Å²) in [6.07, 6.45) is 4.81. The number of carbonyl (C=O) groups is 1. The molecule has 1 aromatic carbocycles. The van der Waals surface area contributed by atoms with Crippen molar-refractivity contribution in [3.63, 3.8) is 0 Å². The zero-order valence-corrected chi connectivity index (χ0v) is 17.0. The van der Waals surface area contributed by atoms with Crippen molar-refractivity contribution in [2.45, 2.75) is 11.5 Å². The van der Waals surface area contributed by atoms with Crippen LogP contribution >= 0.6 is 11.3 Å². The Hall–Kier alpha value is -2.89. The minimum Gasteiger partial charge on any atom is -0.456 e. The number of nitrogens with zero attached hydrogens (tertiary/aromatic N) is 3. The smallest absolute Gasteiger partial charge is 0.338 e. The molecule has 0 fully saturated rings. The summed E-state index contributed by atoms with van der Waals surface area (Å²) in [4.78, 5) is 16.0. The Morgan fingerprint density at radius 1 is 1.45 bits per heavy atom. The summed E-state index contributed by atoms with van der Waals surface area (Å²) in [6.45, 7) is 3.22. The molecule has 2 aromatic heterocycles. The van der Waals surface area contributed by atoms with Crippen LogP contribution in [-0.2, 0) is 28.4 Å². The second-order valence-electron chi connectivity index (χ2n) is 5.91. The summed E-state index contributed by atoms with van der Waals surface area (Å²) in [5.74, 6) is -1.76. The summed E-state index contributed by atoms with van der Waals surface area (Å²) in [5, 5.41) is 6.55. The lowest BCUT2D eigenvalue weighted by molar-refractivity contribution is 0.0468. The van der Waals surface area contributed by atoms with Crippen molar-refractivity contribution in [1.82, 2.24) is 19.5 Å². The lowest BCUT2D eigenvalue weighted by Crippen LogP contribution is -2.25. The van der Waals surface area contributed by atoms with E-state index in [0.29, 0.717) is 5.69 Å². The van der Waals surface area contributed by atoms with Gasteiger partial charge in [0.1, 0.15) is 22.3 Å². The Morgan fingerprint density at radius 3 is 2.93 bits per heavy atom. The largest absolute Gasteiger partial charge is 0.456 e. The molecule has 0 bridgehead atoms. The monoisotopic (exact) mass is 436 g/mol. The predicted molar refractivity (Wildman–Crippen MR) is 105 cm³/mol. The highest BCUT2D eigenvalue weighted by molar-refractivity contribution is 7.89. The summed E-state index contributed by atoms with van der Waals surface area (Å²) < 4.78 is 47.2. The number of aromatic nitrogens is 3. The van der Waals surface area contributed by atoms with Gasteiger partial charge in [0, 0.05) is 30.7 Å². The summed E-state index contributed by atoms with van der Waals surface area (Å²) in [5.41, 5.74) is 1.29. The van der Waals surface area contributed by atoms with Crippen molar-refractivity contribution in [2.24, 2.45) is 7.05 Å². The number of sulfonamides is 1. The second-order valence-corrected chi connectivity index (χ2v) is 8.50. The molecule has 3 rings (SSSR count). The lowest BCUT2D eigenvalue weighted by atomic mass is 10.2. The highest BCUT2D eigenvalue weighted by Gasteiger charge is 2.21. The Bertz CT molecular complexity index is 1150. The molecule has 0 amide bonds.